The molecule has 0 atom stereocenters. The van der Waals surface area contributed by atoms with Crippen molar-refractivity contribution in [3.05, 3.63) is 12.3 Å². The van der Waals surface area contributed by atoms with Crippen LogP contribution in [0.2, 0.25) is 0 Å². The molecule has 50 valence electrons. The molecule has 0 unspecified atom stereocenters. The van der Waals surface area contributed by atoms with E-state index >= 15 is 0 Å². The summed E-state index contributed by atoms with van der Waals surface area (Å²) in [5, 5.41) is 1.94. The Labute approximate surface area is 55.0 Å². The van der Waals surface area contributed by atoms with Gasteiger partial charge in [-0.3, -0.25) is 10.0 Å². The molecular weight excluding hydrogens is 114 g/mol. The van der Waals surface area contributed by atoms with Crippen LogP contribution in [0, 0.1) is 0 Å². The predicted molar refractivity (Wildman–Crippen MR) is 38.0 cm³/mol. The zero-order valence-electron chi connectivity index (χ0n) is 5.54. The zero-order chi connectivity index (χ0) is 6.53. The molecule has 0 aromatic heterocycles. The second kappa shape index (κ2) is 3.25. The van der Waals surface area contributed by atoms with Gasteiger partial charge in [0.05, 0.1) is 0 Å². The van der Waals surface area contributed by atoms with Crippen LogP contribution in [0.4, 0.5) is 0 Å². The van der Waals surface area contributed by atoms with E-state index in [1.54, 1.807) is 6.21 Å². The van der Waals surface area contributed by atoms with Gasteiger partial charge in [0.15, 0.2) is 0 Å². The van der Waals surface area contributed by atoms with Crippen LogP contribution >= 0.6 is 0 Å². The summed E-state index contributed by atoms with van der Waals surface area (Å²) >= 11 is 0. The van der Waals surface area contributed by atoms with Gasteiger partial charge in [-0.15, -0.1) is 0 Å². The lowest BCUT2D eigenvalue weighted by Crippen LogP contribution is -2.34. The summed E-state index contributed by atoms with van der Waals surface area (Å²) in [4.78, 5) is 4.03. The minimum absolute atomic E-state index is 0.727. The number of hydrazine groups is 1. The summed E-state index contributed by atoms with van der Waals surface area (Å²) in [5.74, 6) is 0. The molecule has 0 aromatic rings. The third-order valence-electron chi connectivity index (χ3n) is 1.05. The van der Waals surface area contributed by atoms with E-state index in [2.05, 4.69) is 17.3 Å². The van der Waals surface area contributed by atoms with Crippen LogP contribution in [-0.2, 0) is 0 Å². The van der Waals surface area contributed by atoms with E-state index in [-0.39, 0.29) is 0 Å². The van der Waals surface area contributed by atoms with Gasteiger partial charge in [0.2, 0.25) is 0 Å². The fourth-order valence-electron chi connectivity index (χ4n) is 0.691. The van der Waals surface area contributed by atoms with Crippen molar-refractivity contribution < 1.29 is 0 Å². The molecule has 0 amide bonds. The summed E-state index contributed by atoms with van der Waals surface area (Å²) in [6.45, 7) is 3.73. The normalized spacial score (nSPS) is 16.8. The monoisotopic (exact) mass is 125 g/mol. The second-order valence-corrected chi connectivity index (χ2v) is 1.80. The molecule has 1 N–H and O–H groups in total. The van der Waals surface area contributed by atoms with Crippen LogP contribution in [0.5, 0.6) is 0 Å². The Kier molecular flexibility index (Phi) is 2.27. The van der Waals surface area contributed by atoms with Gasteiger partial charge >= 0.3 is 0 Å². The van der Waals surface area contributed by atoms with Gasteiger partial charge in [-0.05, 0) is 6.08 Å². The third-order valence-corrected chi connectivity index (χ3v) is 1.05. The van der Waals surface area contributed by atoms with E-state index in [9.17, 15) is 0 Å². The Bertz CT molecular complexity index is 128. The van der Waals surface area contributed by atoms with Crippen molar-refractivity contribution >= 4 is 6.21 Å². The molecule has 1 rings (SSSR count). The summed E-state index contributed by atoms with van der Waals surface area (Å²) in [7, 11) is 0. The van der Waals surface area contributed by atoms with Gasteiger partial charge in [0.25, 0.3) is 0 Å². The number of nitrogens with one attached hydrogen (secondary N) is 1. The van der Waals surface area contributed by atoms with Crippen molar-refractivity contribution in [2.45, 2.75) is 6.92 Å². The zero-order valence-corrected chi connectivity index (χ0v) is 5.54. The minimum Gasteiger partial charge on any atom is -0.294 e. The van der Waals surface area contributed by atoms with Crippen molar-refractivity contribution in [2.75, 3.05) is 13.2 Å². The highest BCUT2D eigenvalue weighted by molar-refractivity contribution is 5.71. The largest absolute Gasteiger partial charge is 0.294 e. The average Bonchev–Trinajstić information content (AvgIpc) is 1.91. The Morgan fingerprint density at radius 1 is 1.78 bits per heavy atom. The highest BCUT2D eigenvalue weighted by atomic mass is 15.5. The van der Waals surface area contributed by atoms with Gasteiger partial charge in [0, 0.05) is 19.0 Å². The first-order valence-electron chi connectivity index (χ1n) is 3.10. The lowest BCUT2D eigenvalue weighted by molar-refractivity contribution is 0.285. The predicted octanol–water partition coefficient (Wildman–Crippen LogP) is 0.369. The molecule has 0 spiro atoms. The molecular formula is C6H11N3. The SMILES string of the molecule is CCNN1C=CC=NC1. The van der Waals surface area contributed by atoms with Gasteiger partial charge < -0.3 is 0 Å². The second-order valence-electron chi connectivity index (χ2n) is 1.80. The van der Waals surface area contributed by atoms with Crippen molar-refractivity contribution in [3.63, 3.8) is 0 Å². The number of rotatable bonds is 2. The summed E-state index contributed by atoms with van der Waals surface area (Å²) in [5.41, 5.74) is 3.12. The molecule has 0 aliphatic carbocycles. The number of nitrogens with zero attached hydrogens (tertiary/aromatic N) is 2. The molecule has 3 heteroatoms. The first kappa shape index (κ1) is 6.29. The van der Waals surface area contributed by atoms with E-state index < -0.39 is 0 Å². The third kappa shape index (κ3) is 1.85. The van der Waals surface area contributed by atoms with Crippen LogP contribution in [0.1, 0.15) is 6.92 Å². The average molecular weight is 125 g/mol. The first-order chi connectivity index (χ1) is 4.43. The van der Waals surface area contributed by atoms with Gasteiger partial charge in [-0.25, -0.2) is 5.43 Å². The van der Waals surface area contributed by atoms with Crippen LogP contribution < -0.4 is 5.43 Å². The number of allylic oxidation sites excluding steroid dienone is 1. The van der Waals surface area contributed by atoms with Gasteiger partial charge in [0.1, 0.15) is 6.67 Å². The van der Waals surface area contributed by atoms with Crippen LogP contribution in [-0.4, -0.2) is 24.4 Å². The fourth-order valence-corrected chi connectivity index (χ4v) is 0.691. The Hall–Kier alpha value is -0.830. The van der Waals surface area contributed by atoms with Gasteiger partial charge in [-0.2, -0.15) is 0 Å². The molecule has 9 heavy (non-hydrogen) atoms. The molecule has 0 aromatic carbocycles. The highest BCUT2D eigenvalue weighted by Gasteiger charge is 1.94. The maximum absolute atomic E-state index is 4.03. The minimum atomic E-state index is 0.727. The maximum Gasteiger partial charge on any atom is 0.124 e. The van der Waals surface area contributed by atoms with Crippen LogP contribution in [0.3, 0.4) is 0 Å². The lowest BCUT2D eigenvalue weighted by Gasteiger charge is -2.19. The van der Waals surface area contributed by atoms with E-state index in [4.69, 9.17) is 0 Å². The molecule has 0 bridgehead atoms. The summed E-state index contributed by atoms with van der Waals surface area (Å²) < 4.78 is 0. The van der Waals surface area contributed by atoms with Crippen molar-refractivity contribution in [1.29, 1.82) is 0 Å². The van der Waals surface area contributed by atoms with Crippen molar-refractivity contribution in [1.82, 2.24) is 10.4 Å². The number of hydrogen-bond donors (Lipinski definition) is 1. The topological polar surface area (TPSA) is 27.6 Å². The molecule has 0 saturated carbocycles. The van der Waals surface area contributed by atoms with E-state index in [1.165, 1.54) is 0 Å². The van der Waals surface area contributed by atoms with E-state index in [0.717, 1.165) is 13.2 Å². The molecule has 1 aliphatic heterocycles. The molecule has 0 radical (unpaired) electrons. The van der Waals surface area contributed by atoms with E-state index in [1.807, 2.05) is 17.3 Å². The standard InChI is InChI=1S/C6H11N3/c1-2-8-9-5-3-4-7-6-9/h3-5,8H,2,6H2,1H3. The van der Waals surface area contributed by atoms with Crippen LogP contribution in [0.25, 0.3) is 0 Å². The fraction of sp³-hybridized carbons (Fsp3) is 0.500. The molecule has 1 aliphatic rings. The smallest absolute Gasteiger partial charge is 0.124 e. The Morgan fingerprint density at radius 2 is 2.67 bits per heavy atom. The quantitative estimate of drug-likeness (QED) is 0.577. The first-order valence-corrected chi connectivity index (χ1v) is 3.10. The molecule has 3 nitrogen and oxygen atoms in total. The maximum atomic E-state index is 4.03. The van der Waals surface area contributed by atoms with E-state index in [0.29, 0.717) is 0 Å². The lowest BCUT2D eigenvalue weighted by atomic mass is 10.6. The van der Waals surface area contributed by atoms with Crippen molar-refractivity contribution in [2.24, 2.45) is 4.99 Å². The molecule has 1 heterocycles. The summed E-state index contributed by atoms with van der Waals surface area (Å²) in [6.07, 6.45) is 5.68. The van der Waals surface area contributed by atoms with Crippen LogP contribution in [0.15, 0.2) is 17.3 Å². The molecule has 0 saturated heterocycles. The van der Waals surface area contributed by atoms with Crippen molar-refractivity contribution in [3.8, 4) is 0 Å². The number of aliphatic imine (C=N–C) groups is 1. The number of hydrogen-bond acceptors (Lipinski definition) is 3. The Morgan fingerprint density at radius 3 is 3.22 bits per heavy atom. The highest BCUT2D eigenvalue weighted by Crippen LogP contribution is 1.88. The Balaban J connectivity index is 2.28. The van der Waals surface area contributed by atoms with Gasteiger partial charge in [-0.1, -0.05) is 6.92 Å². The summed E-state index contributed by atoms with van der Waals surface area (Å²) in [6, 6.07) is 0. The molecule has 0 fully saturated rings.